The molecular formula is C23H25ClN4O3. The van der Waals surface area contributed by atoms with E-state index in [0.717, 1.165) is 30.1 Å². The van der Waals surface area contributed by atoms with Gasteiger partial charge < -0.3 is 19.1 Å². The van der Waals surface area contributed by atoms with Gasteiger partial charge in [0.05, 0.1) is 12.3 Å². The Morgan fingerprint density at radius 2 is 1.84 bits per heavy atom. The number of amides is 1. The van der Waals surface area contributed by atoms with E-state index in [1.54, 1.807) is 12.1 Å². The summed E-state index contributed by atoms with van der Waals surface area (Å²) in [6, 6.07) is 15.3. The maximum absolute atomic E-state index is 12.7. The summed E-state index contributed by atoms with van der Waals surface area (Å²) in [6.07, 6.45) is 0.768. The molecule has 1 aromatic heterocycles. The van der Waals surface area contributed by atoms with Crippen molar-refractivity contribution in [3.8, 4) is 17.1 Å². The van der Waals surface area contributed by atoms with Gasteiger partial charge in [-0.25, -0.2) is 0 Å². The minimum Gasteiger partial charge on any atom is -0.492 e. The van der Waals surface area contributed by atoms with E-state index in [-0.39, 0.29) is 5.91 Å². The van der Waals surface area contributed by atoms with E-state index in [4.69, 9.17) is 20.9 Å². The Morgan fingerprint density at radius 1 is 1.10 bits per heavy atom. The number of ether oxygens (including phenoxy) is 1. The van der Waals surface area contributed by atoms with Gasteiger partial charge in [0, 0.05) is 49.6 Å². The fourth-order valence-electron chi connectivity index (χ4n) is 3.64. The third-order valence-corrected chi connectivity index (χ3v) is 5.51. The summed E-state index contributed by atoms with van der Waals surface area (Å²) in [7, 11) is 0. The highest BCUT2D eigenvalue weighted by molar-refractivity contribution is 6.30. The van der Waals surface area contributed by atoms with Crippen LogP contribution in [0.15, 0.2) is 53.1 Å². The van der Waals surface area contributed by atoms with Crippen molar-refractivity contribution in [2.24, 2.45) is 0 Å². The van der Waals surface area contributed by atoms with Crippen LogP contribution in [-0.4, -0.2) is 53.7 Å². The Labute approximate surface area is 186 Å². The third-order valence-electron chi connectivity index (χ3n) is 5.26. The first kappa shape index (κ1) is 21.2. The van der Waals surface area contributed by atoms with E-state index in [1.807, 2.05) is 42.2 Å². The lowest BCUT2D eigenvalue weighted by molar-refractivity contribution is -0.131. The number of anilines is 1. The molecule has 1 saturated heterocycles. The molecule has 1 amide bonds. The molecule has 0 aliphatic carbocycles. The van der Waals surface area contributed by atoms with Crippen LogP contribution in [0.3, 0.4) is 0 Å². The molecule has 162 valence electrons. The molecule has 8 heteroatoms. The van der Waals surface area contributed by atoms with Gasteiger partial charge >= 0.3 is 0 Å². The molecule has 2 heterocycles. The number of para-hydroxylation sites is 2. The summed E-state index contributed by atoms with van der Waals surface area (Å²) in [5.74, 6) is 1.95. The van der Waals surface area contributed by atoms with Gasteiger partial charge in [-0.05, 0) is 43.3 Å². The van der Waals surface area contributed by atoms with Gasteiger partial charge in [0.1, 0.15) is 5.75 Å². The van der Waals surface area contributed by atoms with Crippen LogP contribution in [0.25, 0.3) is 11.4 Å². The smallest absolute Gasteiger partial charge is 0.227 e. The van der Waals surface area contributed by atoms with Gasteiger partial charge in [-0.1, -0.05) is 28.9 Å². The molecule has 0 bridgehead atoms. The van der Waals surface area contributed by atoms with Crippen molar-refractivity contribution in [1.82, 2.24) is 15.0 Å². The predicted molar refractivity (Wildman–Crippen MR) is 119 cm³/mol. The van der Waals surface area contributed by atoms with Crippen molar-refractivity contribution >= 4 is 23.2 Å². The normalized spacial score (nSPS) is 14.0. The lowest BCUT2D eigenvalue weighted by atomic mass is 10.2. The molecule has 1 aliphatic rings. The number of halogens is 1. The van der Waals surface area contributed by atoms with E-state index >= 15 is 0 Å². The fraction of sp³-hybridized carbons (Fsp3) is 0.348. The second-order valence-corrected chi connectivity index (χ2v) is 7.72. The lowest BCUT2D eigenvalue weighted by Crippen LogP contribution is -2.49. The monoisotopic (exact) mass is 440 g/mol. The zero-order valence-electron chi connectivity index (χ0n) is 17.5. The number of carbonyl (C=O) groups excluding carboxylic acids is 1. The molecule has 0 atom stereocenters. The van der Waals surface area contributed by atoms with E-state index in [1.165, 1.54) is 0 Å². The van der Waals surface area contributed by atoms with Crippen LogP contribution in [0, 0.1) is 0 Å². The fourth-order valence-corrected chi connectivity index (χ4v) is 3.76. The maximum atomic E-state index is 12.7. The van der Waals surface area contributed by atoms with E-state index in [9.17, 15) is 4.79 Å². The molecule has 1 aliphatic heterocycles. The number of aryl methyl sites for hydroxylation is 1. The molecular weight excluding hydrogens is 416 g/mol. The highest BCUT2D eigenvalue weighted by atomic mass is 35.5. The zero-order chi connectivity index (χ0) is 21.6. The van der Waals surface area contributed by atoms with Crippen molar-refractivity contribution in [1.29, 1.82) is 0 Å². The Hall–Kier alpha value is -3.06. The molecule has 0 radical (unpaired) electrons. The largest absolute Gasteiger partial charge is 0.492 e. The first-order valence-electron chi connectivity index (χ1n) is 10.5. The quantitative estimate of drug-likeness (QED) is 0.551. The Bertz CT molecular complexity index is 1010. The van der Waals surface area contributed by atoms with Crippen LogP contribution in [-0.2, 0) is 11.2 Å². The number of aromatic nitrogens is 2. The van der Waals surface area contributed by atoms with Gasteiger partial charge in [-0.2, -0.15) is 4.98 Å². The number of nitrogens with zero attached hydrogens (tertiary/aromatic N) is 4. The first-order chi connectivity index (χ1) is 15.1. The molecule has 2 aromatic carbocycles. The van der Waals surface area contributed by atoms with E-state index in [2.05, 4.69) is 21.1 Å². The van der Waals surface area contributed by atoms with E-state index in [0.29, 0.717) is 49.3 Å². The highest BCUT2D eigenvalue weighted by Crippen LogP contribution is 2.29. The first-order valence-corrected chi connectivity index (χ1v) is 10.8. The van der Waals surface area contributed by atoms with Gasteiger partial charge in [0.2, 0.25) is 17.6 Å². The Morgan fingerprint density at radius 3 is 2.58 bits per heavy atom. The van der Waals surface area contributed by atoms with Crippen molar-refractivity contribution < 1.29 is 14.1 Å². The van der Waals surface area contributed by atoms with Crippen LogP contribution in [0.1, 0.15) is 19.2 Å². The van der Waals surface area contributed by atoms with Gasteiger partial charge in [-0.15, -0.1) is 0 Å². The topological polar surface area (TPSA) is 71.7 Å². The van der Waals surface area contributed by atoms with Crippen molar-refractivity contribution in [3.63, 3.8) is 0 Å². The van der Waals surface area contributed by atoms with E-state index < -0.39 is 0 Å². The average molecular weight is 441 g/mol. The molecule has 31 heavy (non-hydrogen) atoms. The minimum absolute atomic E-state index is 0.101. The minimum atomic E-state index is 0.101. The van der Waals surface area contributed by atoms with Crippen LogP contribution < -0.4 is 9.64 Å². The van der Waals surface area contributed by atoms with Crippen LogP contribution in [0.5, 0.6) is 5.75 Å². The van der Waals surface area contributed by atoms with Gasteiger partial charge in [0.25, 0.3) is 0 Å². The zero-order valence-corrected chi connectivity index (χ0v) is 18.2. The molecule has 4 rings (SSSR count). The second kappa shape index (κ2) is 9.83. The molecule has 0 saturated carbocycles. The predicted octanol–water partition coefficient (Wildman–Crippen LogP) is 4.07. The molecule has 3 aromatic rings. The summed E-state index contributed by atoms with van der Waals surface area (Å²) < 4.78 is 11.1. The average Bonchev–Trinajstić information content (AvgIpc) is 3.28. The number of carbonyl (C=O) groups is 1. The standard InChI is InChI=1S/C23H25ClN4O3/c1-2-30-20-6-4-3-5-19(20)27-13-15-28(16-14-27)22(29)12-11-21-25-23(26-31-21)17-7-9-18(24)10-8-17/h3-10H,2,11-16H2,1H3. The highest BCUT2D eigenvalue weighted by Gasteiger charge is 2.23. The van der Waals surface area contributed by atoms with Crippen molar-refractivity contribution in [3.05, 3.63) is 59.4 Å². The third kappa shape index (κ3) is 5.17. The van der Waals surface area contributed by atoms with Crippen LogP contribution >= 0.6 is 11.6 Å². The van der Waals surface area contributed by atoms with Crippen molar-refractivity contribution in [2.75, 3.05) is 37.7 Å². The summed E-state index contributed by atoms with van der Waals surface area (Å²) in [4.78, 5) is 21.2. The number of rotatable bonds is 7. The molecule has 0 N–H and O–H groups in total. The second-order valence-electron chi connectivity index (χ2n) is 7.29. The lowest BCUT2D eigenvalue weighted by Gasteiger charge is -2.36. The Kier molecular flexibility index (Phi) is 6.72. The molecule has 0 spiro atoms. The van der Waals surface area contributed by atoms with Crippen LogP contribution in [0.4, 0.5) is 5.69 Å². The Balaban J connectivity index is 1.29. The summed E-state index contributed by atoms with van der Waals surface area (Å²) >= 11 is 5.91. The van der Waals surface area contributed by atoms with Crippen LogP contribution in [0.2, 0.25) is 5.02 Å². The SMILES string of the molecule is CCOc1ccccc1N1CCN(C(=O)CCc2nc(-c3ccc(Cl)cc3)no2)CC1. The number of piperazine rings is 1. The molecule has 7 nitrogen and oxygen atoms in total. The maximum Gasteiger partial charge on any atom is 0.227 e. The number of hydrogen-bond donors (Lipinski definition) is 0. The summed E-state index contributed by atoms with van der Waals surface area (Å²) in [6.45, 7) is 5.52. The molecule has 0 unspecified atom stereocenters. The molecule has 1 fully saturated rings. The number of benzene rings is 2. The van der Waals surface area contributed by atoms with Gasteiger partial charge in [-0.3, -0.25) is 4.79 Å². The van der Waals surface area contributed by atoms with Gasteiger partial charge in [0.15, 0.2) is 0 Å². The summed E-state index contributed by atoms with van der Waals surface area (Å²) in [5.41, 5.74) is 1.91. The summed E-state index contributed by atoms with van der Waals surface area (Å²) in [5, 5.41) is 4.65. The van der Waals surface area contributed by atoms with Crippen molar-refractivity contribution in [2.45, 2.75) is 19.8 Å². The number of hydrogen-bond acceptors (Lipinski definition) is 6.